The van der Waals surface area contributed by atoms with E-state index in [1.807, 2.05) is 13.0 Å². The molecule has 1 aromatic heterocycles. The molecule has 0 aliphatic heterocycles. The van der Waals surface area contributed by atoms with Crippen LogP contribution >= 0.6 is 0 Å². The van der Waals surface area contributed by atoms with Crippen LogP contribution in [0.25, 0.3) is 22.2 Å². The van der Waals surface area contributed by atoms with E-state index in [1.165, 1.54) is 10.7 Å². The Morgan fingerprint density at radius 2 is 1.94 bits per heavy atom. The maximum absolute atomic E-state index is 13.5. The first-order valence-corrected chi connectivity index (χ1v) is 10.8. The highest BCUT2D eigenvalue weighted by Gasteiger charge is 2.35. The summed E-state index contributed by atoms with van der Waals surface area (Å²) in [5.74, 6) is -1.19. The number of benzene rings is 2. The molecule has 1 N–H and O–H groups in total. The minimum absolute atomic E-state index is 0.0181. The van der Waals surface area contributed by atoms with Crippen molar-refractivity contribution in [2.24, 2.45) is 5.92 Å². The SMILES string of the molecule is CCN(Cc1cc(C(F)(F)F)ccc1-c1nn(CC(=O)O)c2cccc(C)c12)C(=O)C1CC1. The van der Waals surface area contributed by atoms with Gasteiger partial charge in [-0.15, -0.1) is 0 Å². The molecule has 1 saturated carbocycles. The van der Waals surface area contributed by atoms with Gasteiger partial charge in [-0.25, -0.2) is 0 Å². The molecule has 1 fully saturated rings. The van der Waals surface area contributed by atoms with E-state index in [1.54, 1.807) is 24.0 Å². The van der Waals surface area contributed by atoms with Gasteiger partial charge in [0, 0.05) is 30.0 Å². The molecule has 3 aromatic rings. The lowest BCUT2D eigenvalue weighted by molar-refractivity contribution is -0.138. The molecule has 9 heteroatoms. The number of carbonyl (C=O) groups is 2. The average Bonchev–Trinajstić information content (AvgIpc) is 3.54. The van der Waals surface area contributed by atoms with Crippen molar-refractivity contribution in [3.05, 3.63) is 53.1 Å². The summed E-state index contributed by atoms with van der Waals surface area (Å²) in [7, 11) is 0. The van der Waals surface area contributed by atoms with Crippen molar-refractivity contribution in [3.63, 3.8) is 0 Å². The number of hydrogen-bond acceptors (Lipinski definition) is 3. The molecular weight excluding hydrogens is 435 g/mol. The van der Waals surface area contributed by atoms with Gasteiger partial charge in [0.1, 0.15) is 12.2 Å². The van der Waals surface area contributed by atoms with Crippen molar-refractivity contribution in [3.8, 4) is 11.3 Å². The average molecular weight is 459 g/mol. The summed E-state index contributed by atoms with van der Waals surface area (Å²) in [4.78, 5) is 25.6. The van der Waals surface area contributed by atoms with Gasteiger partial charge in [0.25, 0.3) is 0 Å². The molecule has 4 rings (SSSR count). The molecule has 0 radical (unpaired) electrons. The van der Waals surface area contributed by atoms with Gasteiger partial charge in [-0.05, 0) is 56.0 Å². The van der Waals surface area contributed by atoms with E-state index in [9.17, 15) is 27.9 Å². The van der Waals surface area contributed by atoms with E-state index in [2.05, 4.69) is 5.10 Å². The van der Waals surface area contributed by atoms with E-state index >= 15 is 0 Å². The predicted octanol–water partition coefficient (Wildman–Crippen LogP) is 4.87. The van der Waals surface area contributed by atoms with E-state index in [0.29, 0.717) is 34.3 Å². The molecule has 174 valence electrons. The predicted molar refractivity (Wildman–Crippen MR) is 116 cm³/mol. The second kappa shape index (κ2) is 8.53. The van der Waals surface area contributed by atoms with Gasteiger partial charge in [0.05, 0.1) is 11.1 Å². The van der Waals surface area contributed by atoms with Crippen LogP contribution in [0.5, 0.6) is 0 Å². The van der Waals surface area contributed by atoms with Crippen molar-refractivity contribution < 1.29 is 27.9 Å². The van der Waals surface area contributed by atoms with Crippen LogP contribution in [0.4, 0.5) is 13.2 Å². The first kappa shape index (κ1) is 22.8. The van der Waals surface area contributed by atoms with Crippen molar-refractivity contribution in [2.75, 3.05) is 6.54 Å². The first-order valence-electron chi connectivity index (χ1n) is 10.8. The van der Waals surface area contributed by atoms with Gasteiger partial charge >= 0.3 is 12.1 Å². The molecule has 6 nitrogen and oxygen atoms in total. The van der Waals surface area contributed by atoms with Crippen LogP contribution in [0.2, 0.25) is 0 Å². The molecule has 0 saturated heterocycles. The quantitative estimate of drug-likeness (QED) is 0.547. The highest BCUT2D eigenvalue weighted by molar-refractivity contribution is 5.97. The fourth-order valence-electron chi connectivity index (χ4n) is 4.11. The molecule has 2 aromatic carbocycles. The Balaban J connectivity index is 1.89. The van der Waals surface area contributed by atoms with E-state index in [4.69, 9.17) is 0 Å². The fourth-order valence-corrected chi connectivity index (χ4v) is 4.11. The minimum atomic E-state index is -4.54. The van der Waals surface area contributed by atoms with E-state index < -0.39 is 17.7 Å². The summed E-state index contributed by atoms with van der Waals surface area (Å²) >= 11 is 0. The Morgan fingerprint density at radius 1 is 1.21 bits per heavy atom. The molecule has 1 amide bonds. The number of nitrogens with zero attached hydrogens (tertiary/aromatic N) is 3. The number of hydrogen-bond donors (Lipinski definition) is 1. The lowest BCUT2D eigenvalue weighted by atomic mass is 9.97. The van der Waals surface area contributed by atoms with Gasteiger partial charge in [-0.3, -0.25) is 14.3 Å². The molecule has 1 aliphatic rings. The molecule has 1 aliphatic carbocycles. The number of fused-ring (bicyclic) bond motifs is 1. The third-order valence-corrected chi connectivity index (χ3v) is 5.94. The van der Waals surface area contributed by atoms with Crippen molar-refractivity contribution >= 4 is 22.8 Å². The van der Waals surface area contributed by atoms with E-state index in [0.717, 1.165) is 30.5 Å². The first-order chi connectivity index (χ1) is 15.6. The summed E-state index contributed by atoms with van der Waals surface area (Å²) in [5, 5.41) is 14.5. The third kappa shape index (κ3) is 4.58. The maximum atomic E-state index is 13.5. The monoisotopic (exact) mass is 459 g/mol. The number of carbonyl (C=O) groups excluding carboxylic acids is 1. The van der Waals surface area contributed by atoms with Crippen LogP contribution in [0.15, 0.2) is 36.4 Å². The van der Waals surface area contributed by atoms with Crippen LogP contribution < -0.4 is 0 Å². The van der Waals surface area contributed by atoms with Crippen LogP contribution in [-0.4, -0.2) is 38.2 Å². The Morgan fingerprint density at radius 3 is 2.55 bits per heavy atom. The molecule has 0 bridgehead atoms. The van der Waals surface area contributed by atoms with Crippen molar-refractivity contribution in [1.29, 1.82) is 0 Å². The smallest absolute Gasteiger partial charge is 0.416 e. The lowest BCUT2D eigenvalue weighted by Gasteiger charge is -2.23. The largest absolute Gasteiger partial charge is 0.480 e. The lowest BCUT2D eigenvalue weighted by Crippen LogP contribution is -2.31. The number of rotatable bonds is 7. The zero-order valence-corrected chi connectivity index (χ0v) is 18.3. The van der Waals surface area contributed by atoms with Crippen molar-refractivity contribution in [1.82, 2.24) is 14.7 Å². The van der Waals surface area contributed by atoms with Crippen LogP contribution in [-0.2, 0) is 28.9 Å². The number of aromatic nitrogens is 2. The number of halogens is 3. The highest BCUT2D eigenvalue weighted by Crippen LogP contribution is 2.38. The zero-order chi connectivity index (χ0) is 23.9. The second-order valence-electron chi connectivity index (χ2n) is 8.37. The van der Waals surface area contributed by atoms with Gasteiger partial charge in [-0.2, -0.15) is 18.3 Å². The zero-order valence-electron chi connectivity index (χ0n) is 18.3. The maximum Gasteiger partial charge on any atom is 0.416 e. The summed E-state index contributed by atoms with van der Waals surface area (Å²) in [5.41, 5.74) is 1.79. The minimum Gasteiger partial charge on any atom is -0.480 e. The van der Waals surface area contributed by atoms with E-state index in [-0.39, 0.29) is 24.9 Å². The Bertz CT molecular complexity index is 1230. The molecule has 33 heavy (non-hydrogen) atoms. The molecule has 1 heterocycles. The topological polar surface area (TPSA) is 75.4 Å². The summed E-state index contributed by atoms with van der Waals surface area (Å²) in [6.07, 6.45) is -2.94. The number of aryl methyl sites for hydroxylation is 1. The summed E-state index contributed by atoms with van der Waals surface area (Å²) < 4.78 is 41.9. The Kier molecular flexibility index (Phi) is 5.90. The van der Waals surface area contributed by atoms with Crippen LogP contribution in [0.3, 0.4) is 0 Å². The highest BCUT2D eigenvalue weighted by atomic mass is 19.4. The Labute approximate surface area is 188 Å². The number of aliphatic carboxylic acids is 1. The van der Waals surface area contributed by atoms with Gasteiger partial charge in [0.15, 0.2) is 0 Å². The number of amides is 1. The number of carboxylic acids is 1. The van der Waals surface area contributed by atoms with Gasteiger partial charge < -0.3 is 10.0 Å². The Hall–Kier alpha value is -3.36. The van der Waals surface area contributed by atoms with Gasteiger partial charge in [0.2, 0.25) is 5.91 Å². The second-order valence-corrected chi connectivity index (χ2v) is 8.37. The molecule has 0 spiro atoms. The van der Waals surface area contributed by atoms with Crippen LogP contribution in [0, 0.1) is 12.8 Å². The molecular formula is C24H24F3N3O3. The van der Waals surface area contributed by atoms with Gasteiger partial charge in [-0.1, -0.05) is 18.2 Å². The standard InChI is InChI=1S/C24H24F3N3O3/c1-3-29(23(33)15-7-8-15)12-16-11-17(24(25,26)27)9-10-18(16)22-21-14(2)5-4-6-19(21)30(28-22)13-20(31)32/h4-6,9-11,15H,3,7-8,12-13H2,1-2H3,(H,31,32). The summed E-state index contributed by atoms with van der Waals surface area (Å²) in [6, 6.07) is 8.80. The fraction of sp³-hybridized carbons (Fsp3) is 0.375. The normalized spacial score (nSPS) is 14.0. The van der Waals surface area contributed by atoms with Crippen LogP contribution in [0.1, 0.15) is 36.5 Å². The number of carboxylic acid groups (broad SMARTS) is 1. The van der Waals surface area contributed by atoms with Crippen molar-refractivity contribution in [2.45, 2.75) is 46.0 Å². The number of alkyl halides is 3. The third-order valence-electron chi connectivity index (χ3n) is 5.94. The molecule has 0 atom stereocenters. The molecule has 0 unspecified atom stereocenters. The summed E-state index contributed by atoms with van der Waals surface area (Å²) in [6.45, 7) is 3.66.